The number of nitrogens with zero attached hydrogens (tertiary/aromatic N) is 4. The van der Waals surface area contributed by atoms with Crippen LogP contribution < -0.4 is 10.6 Å². The number of guanidine groups is 1. The Morgan fingerprint density at radius 3 is 2.55 bits per heavy atom. The molecule has 2 aromatic heterocycles. The Balaban J connectivity index is 0.00000341. The zero-order valence-electron chi connectivity index (χ0n) is 19.0. The van der Waals surface area contributed by atoms with Crippen molar-refractivity contribution in [1.29, 1.82) is 0 Å². The molecule has 0 aliphatic heterocycles. The molecule has 0 aliphatic rings. The van der Waals surface area contributed by atoms with Crippen LogP contribution in [-0.4, -0.2) is 34.3 Å². The van der Waals surface area contributed by atoms with Crippen molar-refractivity contribution in [2.24, 2.45) is 4.99 Å². The molecule has 0 radical (unpaired) electrons. The van der Waals surface area contributed by atoms with Crippen molar-refractivity contribution in [2.45, 2.75) is 52.5 Å². The zero-order valence-corrected chi connectivity index (χ0v) is 21.3. The van der Waals surface area contributed by atoms with Gasteiger partial charge in [0.1, 0.15) is 5.76 Å². The second-order valence-corrected chi connectivity index (χ2v) is 8.34. The van der Waals surface area contributed by atoms with Crippen LogP contribution >= 0.6 is 24.0 Å². The lowest BCUT2D eigenvalue weighted by Gasteiger charge is -2.13. The van der Waals surface area contributed by atoms with Gasteiger partial charge in [-0.25, -0.2) is 9.67 Å². The molecule has 31 heavy (non-hydrogen) atoms. The van der Waals surface area contributed by atoms with E-state index in [-0.39, 0.29) is 29.4 Å². The first kappa shape index (κ1) is 24.9. The van der Waals surface area contributed by atoms with Crippen LogP contribution in [0.2, 0.25) is 0 Å². The van der Waals surface area contributed by atoms with Gasteiger partial charge < -0.3 is 15.1 Å². The number of para-hydroxylation sites is 1. The van der Waals surface area contributed by atoms with Gasteiger partial charge in [0.15, 0.2) is 5.96 Å². The highest BCUT2D eigenvalue weighted by Gasteiger charge is 2.19. The van der Waals surface area contributed by atoms with E-state index in [0.29, 0.717) is 12.4 Å². The van der Waals surface area contributed by atoms with E-state index < -0.39 is 0 Å². The summed E-state index contributed by atoms with van der Waals surface area (Å²) >= 11 is 0. The third kappa shape index (κ3) is 7.09. The maximum Gasteiger partial charge on any atom is 0.213 e. The van der Waals surface area contributed by atoms with Crippen molar-refractivity contribution in [3.05, 3.63) is 65.6 Å². The number of hydrogen-bond donors (Lipinski definition) is 2. The van der Waals surface area contributed by atoms with E-state index in [0.717, 1.165) is 42.5 Å². The summed E-state index contributed by atoms with van der Waals surface area (Å²) in [6.07, 6.45) is 5.85. The molecule has 0 amide bonds. The van der Waals surface area contributed by atoms with Gasteiger partial charge in [0.25, 0.3) is 0 Å². The minimum absolute atomic E-state index is 0. The lowest BCUT2D eigenvalue weighted by Crippen LogP contribution is -2.37. The van der Waals surface area contributed by atoms with Crippen LogP contribution in [0.15, 0.2) is 52.1 Å². The Hall–Kier alpha value is -2.36. The van der Waals surface area contributed by atoms with Gasteiger partial charge in [0, 0.05) is 25.2 Å². The number of nitrogens with one attached hydrogen (secondary N) is 2. The van der Waals surface area contributed by atoms with Gasteiger partial charge in [-0.15, -0.1) is 24.0 Å². The Morgan fingerprint density at radius 2 is 1.90 bits per heavy atom. The van der Waals surface area contributed by atoms with E-state index in [4.69, 9.17) is 4.42 Å². The topological polar surface area (TPSA) is 80.3 Å². The fourth-order valence-electron chi connectivity index (χ4n) is 3.06. The predicted octanol–water partition coefficient (Wildman–Crippen LogP) is 4.38. The van der Waals surface area contributed by atoms with Crippen molar-refractivity contribution in [3.63, 3.8) is 0 Å². The summed E-state index contributed by atoms with van der Waals surface area (Å²) in [5.74, 6) is 2.28. The second kappa shape index (κ2) is 11.3. The molecule has 3 aromatic rings. The van der Waals surface area contributed by atoms with E-state index in [1.54, 1.807) is 13.2 Å². The first-order valence-electron chi connectivity index (χ1n) is 10.4. The summed E-state index contributed by atoms with van der Waals surface area (Å²) in [7, 11) is 1.76. The van der Waals surface area contributed by atoms with Crippen LogP contribution in [0.3, 0.4) is 0 Å². The van der Waals surface area contributed by atoms with Gasteiger partial charge in [0.05, 0.1) is 24.1 Å². The molecule has 0 fully saturated rings. The van der Waals surface area contributed by atoms with Gasteiger partial charge in [0.2, 0.25) is 5.89 Å². The van der Waals surface area contributed by atoms with E-state index in [2.05, 4.69) is 71.7 Å². The lowest BCUT2D eigenvalue weighted by atomic mass is 9.94. The van der Waals surface area contributed by atoms with Crippen molar-refractivity contribution in [3.8, 4) is 5.69 Å². The summed E-state index contributed by atoms with van der Waals surface area (Å²) < 4.78 is 7.76. The number of benzene rings is 1. The number of hydrogen-bond acceptors (Lipinski definition) is 4. The third-order valence-corrected chi connectivity index (χ3v) is 4.86. The van der Waals surface area contributed by atoms with Crippen molar-refractivity contribution < 1.29 is 4.42 Å². The highest BCUT2D eigenvalue weighted by molar-refractivity contribution is 14.0. The molecule has 8 heteroatoms. The molecule has 3 rings (SSSR count). The van der Waals surface area contributed by atoms with Crippen molar-refractivity contribution >= 4 is 29.9 Å². The summed E-state index contributed by atoms with van der Waals surface area (Å²) in [5, 5.41) is 11.2. The molecular weight excluding hydrogens is 503 g/mol. The lowest BCUT2D eigenvalue weighted by molar-refractivity contribution is 0.379. The first-order chi connectivity index (χ1) is 14.4. The summed E-state index contributed by atoms with van der Waals surface area (Å²) in [6, 6.07) is 10.2. The molecule has 168 valence electrons. The molecule has 2 heterocycles. The van der Waals surface area contributed by atoms with E-state index >= 15 is 0 Å². The quantitative estimate of drug-likeness (QED) is 0.203. The van der Waals surface area contributed by atoms with Crippen molar-refractivity contribution in [2.75, 3.05) is 13.6 Å². The van der Waals surface area contributed by atoms with E-state index in [1.165, 1.54) is 5.56 Å². The Morgan fingerprint density at radius 1 is 1.16 bits per heavy atom. The molecule has 7 nitrogen and oxygen atoms in total. The zero-order chi connectivity index (χ0) is 21.6. The van der Waals surface area contributed by atoms with Crippen LogP contribution in [0.25, 0.3) is 5.69 Å². The average Bonchev–Trinajstić information content (AvgIpc) is 3.35. The van der Waals surface area contributed by atoms with Crippen LogP contribution in [0, 0.1) is 6.92 Å². The molecule has 0 aliphatic carbocycles. The maximum absolute atomic E-state index is 5.81. The SMILES string of the molecule is CN=C(NCCCc1cn(-c2ccccc2)nc1C)NCc1ncc(C(C)(C)C)o1.I. The van der Waals surface area contributed by atoms with Gasteiger partial charge >= 0.3 is 0 Å². The van der Waals surface area contributed by atoms with E-state index in [9.17, 15) is 0 Å². The minimum Gasteiger partial charge on any atom is -0.443 e. The molecule has 0 saturated heterocycles. The Kier molecular flexibility index (Phi) is 9.09. The Bertz CT molecular complexity index is 972. The largest absolute Gasteiger partial charge is 0.443 e. The van der Waals surface area contributed by atoms with Crippen LogP contribution in [0.1, 0.15) is 50.1 Å². The highest BCUT2D eigenvalue weighted by Crippen LogP contribution is 2.22. The fourth-order valence-corrected chi connectivity index (χ4v) is 3.06. The van der Waals surface area contributed by atoms with Gasteiger partial charge in [-0.2, -0.15) is 5.10 Å². The molecule has 0 atom stereocenters. The normalized spacial score (nSPS) is 11.8. The van der Waals surface area contributed by atoms with Crippen LogP contribution in [0.5, 0.6) is 0 Å². The maximum atomic E-state index is 5.81. The highest BCUT2D eigenvalue weighted by atomic mass is 127. The van der Waals surface area contributed by atoms with E-state index in [1.807, 2.05) is 22.9 Å². The Labute approximate surface area is 201 Å². The minimum atomic E-state index is -0.0440. The fraction of sp³-hybridized carbons (Fsp3) is 0.435. The number of aliphatic imine (C=N–C) groups is 1. The first-order valence-corrected chi connectivity index (χ1v) is 10.4. The van der Waals surface area contributed by atoms with Gasteiger partial charge in [-0.05, 0) is 37.5 Å². The average molecular weight is 536 g/mol. The predicted molar refractivity (Wildman–Crippen MR) is 135 cm³/mol. The molecule has 0 spiro atoms. The number of oxazole rings is 1. The van der Waals surface area contributed by atoms with Crippen LogP contribution in [-0.2, 0) is 18.4 Å². The number of halogens is 1. The third-order valence-electron chi connectivity index (χ3n) is 4.86. The molecule has 0 bridgehead atoms. The number of aromatic nitrogens is 3. The number of aryl methyl sites for hydroxylation is 2. The monoisotopic (exact) mass is 536 g/mol. The molecule has 0 saturated carbocycles. The molecule has 1 aromatic carbocycles. The molecule has 2 N–H and O–H groups in total. The molecule has 0 unspecified atom stereocenters. The number of rotatable bonds is 7. The molecular formula is C23H33IN6O. The smallest absolute Gasteiger partial charge is 0.213 e. The summed E-state index contributed by atoms with van der Waals surface area (Å²) in [4.78, 5) is 8.61. The summed E-state index contributed by atoms with van der Waals surface area (Å²) in [5.41, 5.74) is 3.37. The second-order valence-electron chi connectivity index (χ2n) is 8.34. The standard InChI is InChI=1S/C23H32N6O.HI/c1-17-18(16-29(28-17)19-11-7-6-8-12-19)10-9-13-25-22(24-5)27-15-21-26-14-20(30-21)23(2,3)4;/h6-8,11-12,14,16H,9-10,13,15H2,1-5H3,(H2,24,25,27);1H. The van der Waals surface area contributed by atoms with Crippen molar-refractivity contribution in [1.82, 2.24) is 25.4 Å². The van der Waals surface area contributed by atoms with Gasteiger partial charge in [-0.3, -0.25) is 4.99 Å². The summed E-state index contributed by atoms with van der Waals surface area (Å²) in [6.45, 7) is 9.70. The van der Waals surface area contributed by atoms with Crippen LogP contribution in [0.4, 0.5) is 0 Å². The van der Waals surface area contributed by atoms with Gasteiger partial charge in [-0.1, -0.05) is 39.0 Å².